The van der Waals surface area contributed by atoms with Gasteiger partial charge in [-0.3, -0.25) is 9.71 Å². The van der Waals surface area contributed by atoms with Crippen LogP contribution in [-0.4, -0.2) is 13.4 Å². The minimum atomic E-state index is -3.68. The lowest BCUT2D eigenvalue weighted by molar-refractivity contribution is 0.601. The lowest BCUT2D eigenvalue weighted by Crippen LogP contribution is -2.13. The van der Waals surface area contributed by atoms with Crippen molar-refractivity contribution in [2.24, 2.45) is 0 Å². The molecule has 6 heteroatoms. The van der Waals surface area contributed by atoms with Gasteiger partial charge in [0.15, 0.2) is 0 Å². The van der Waals surface area contributed by atoms with Gasteiger partial charge in [-0.25, -0.2) is 8.42 Å². The van der Waals surface area contributed by atoms with E-state index in [9.17, 15) is 8.42 Å². The quantitative estimate of drug-likeness (QED) is 0.801. The Morgan fingerprint density at radius 3 is 2.67 bits per heavy atom. The largest absolute Gasteiger partial charge is 0.279 e. The van der Waals surface area contributed by atoms with Gasteiger partial charge in [0.1, 0.15) is 0 Å². The summed E-state index contributed by atoms with van der Waals surface area (Å²) in [4.78, 5) is 4.15. The number of rotatable bonds is 3. The van der Waals surface area contributed by atoms with Crippen molar-refractivity contribution in [2.45, 2.75) is 4.90 Å². The van der Waals surface area contributed by atoms with Crippen LogP contribution in [0.25, 0.3) is 10.8 Å². The van der Waals surface area contributed by atoms with E-state index in [-0.39, 0.29) is 4.90 Å². The van der Waals surface area contributed by atoms with E-state index >= 15 is 0 Å². The second-order valence-electron chi connectivity index (χ2n) is 4.47. The van der Waals surface area contributed by atoms with E-state index in [0.29, 0.717) is 10.7 Å². The van der Waals surface area contributed by atoms with Crippen LogP contribution in [0.5, 0.6) is 0 Å². The Hall–Kier alpha value is -2.11. The number of nitrogens with one attached hydrogen (secondary N) is 1. The Balaban J connectivity index is 2.06. The second kappa shape index (κ2) is 5.35. The first-order valence-corrected chi connectivity index (χ1v) is 8.03. The molecule has 106 valence electrons. The van der Waals surface area contributed by atoms with Crippen molar-refractivity contribution in [1.29, 1.82) is 0 Å². The predicted octanol–water partition coefficient (Wildman–Crippen LogP) is 3.69. The number of hydrogen-bond acceptors (Lipinski definition) is 3. The highest BCUT2D eigenvalue weighted by Crippen LogP contribution is 2.25. The molecule has 0 bridgehead atoms. The van der Waals surface area contributed by atoms with E-state index < -0.39 is 10.0 Å². The fraction of sp³-hybridized carbons (Fsp3) is 0. The molecule has 3 rings (SSSR count). The number of benzene rings is 2. The van der Waals surface area contributed by atoms with Gasteiger partial charge < -0.3 is 0 Å². The topological polar surface area (TPSA) is 59.1 Å². The Labute approximate surface area is 127 Å². The Morgan fingerprint density at radius 2 is 1.86 bits per heavy atom. The Bertz CT molecular complexity index is 905. The zero-order valence-corrected chi connectivity index (χ0v) is 12.4. The van der Waals surface area contributed by atoms with Gasteiger partial charge in [0.2, 0.25) is 0 Å². The first-order valence-electron chi connectivity index (χ1n) is 6.17. The van der Waals surface area contributed by atoms with Gasteiger partial charge in [0.25, 0.3) is 10.0 Å². The van der Waals surface area contributed by atoms with E-state index in [1.807, 2.05) is 6.07 Å². The first-order chi connectivity index (χ1) is 10.1. The van der Waals surface area contributed by atoms with E-state index in [4.69, 9.17) is 11.6 Å². The monoisotopic (exact) mass is 318 g/mol. The average Bonchev–Trinajstić information content (AvgIpc) is 2.47. The summed E-state index contributed by atoms with van der Waals surface area (Å²) in [7, 11) is -3.68. The van der Waals surface area contributed by atoms with Gasteiger partial charge in [0, 0.05) is 28.2 Å². The molecule has 0 aliphatic rings. The number of halogens is 1. The summed E-state index contributed by atoms with van der Waals surface area (Å²) < 4.78 is 27.4. The maximum atomic E-state index is 12.4. The number of anilines is 1. The molecule has 0 spiro atoms. The number of aromatic nitrogens is 1. The minimum Gasteiger partial charge on any atom is -0.279 e. The van der Waals surface area contributed by atoms with Crippen molar-refractivity contribution in [2.75, 3.05) is 4.72 Å². The smallest absolute Gasteiger partial charge is 0.261 e. The van der Waals surface area contributed by atoms with Gasteiger partial charge >= 0.3 is 0 Å². The second-order valence-corrected chi connectivity index (χ2v) is 6.58. The van der Waals surface area contributed by atoms with Crippen LogP contribution in [0.15, 0.2) is 65.8 Å². The molecule has 0 fully saturated rings. The lowest BCUT2D eigenvalue weighted by atomic mass is 10.1. The molecule has 1 N–H and O–H groups in total. The molecule has 21 heavy (non-hydrogen) atoms. The molecule has 0 aliphatic heterocycles. The molecule has 0 radical (unpaired) electrons. The first kappa shape index (κ1) is 13.9. The third-order valence-electron chi connectivity index (χ3n) is 3.03. The SMILES string of the molecule is O=S(=O)(Nc1cccc2cnccc12)c1cccc(Cl)c1. The summed E-state index contributed by atoms with van der Waals surface area (Å²) in [6, 6.07) is 13.3. The van der Waals surface area contributed by atoms with Crippen LogP contribution in [0.2, 0.25) is 5.02 Å². The molecule has 0 unspecified atom stereocenters. The van der Waals surface area contributed by atoms with Crippen molar-refractivity contribution in [1.82, 2.24) is 4.98 Å². The van der Waals surface area contributed by atoms with Gasteiger partial charge in [-0.15, -0.1) is 0 Å². The lowest BCUT2D eigenvalue weighted by Gasteiger charge is -2.10. The summed E-state index contributed by atoms with van der Waals surface area (Å²) in [6.07, 6.45) is 3.31. The normalized spacial score (nSPS) is 11.5. The maximum Gasteiger partial charge on any atom is 0.261 e. The van der Waals surface area contributed by atoms with Crippen molar-refractivity contribution in [3.63, 3.8) is 0 Å². The molecular weight excluding hydrogens is 308 g/mol. The fourth-order valence-electron chi connectivity index (χ4n) is 2.05. The van der Waals surface area contributed by atoms with Crippen LogP contribution in [0.4, 0.5) is 5.69 Å². The zero-order chi connectivity index (χ0) is 14.9. The third kappa shape index (κ3) is 2.84. The maximum absolute atomic E-state index is 12.4. The number of nitrogens with zero attached hydrogens (tertiary/aromatic N) is 1. The molecule has 0 aliphatic carbocycles. The molecule has 0 amide bonds. The molecule has 1 aromatic heterocycles. The van der Waals surface area contributed by atoms with E-state index in [1.165, 1.54) is 12.1 Å². The molecule has 4 nitrogen and oxygen atoms in total. The molecule has 0 atom stereocenters. The highest BCUT2D eigenvalue weighted by Gasteiger charge is 2.15. The van der Waals surface area contributed by atoms with Crippen molar-refractivity contribution < 1.29 is 8.42 Å². The zero-order valence-electron chi connectivity index (χ0n) is 10.8. The van der Waals surface area contributed by atoms with E-state index in [0.717, 1.165) is 10.8 Å². The average molecular weight is 319 g/mol. The van der Waals surface area contributed by atoms with Crippen LogP contribution < -0.4 is 4.72 Å². The molecular formula is C15H11ClN2O2S. The number of fused-ring (bicyclic) bond motifs is 1. The van der Waals surface area contributed by atoms with Crippen LogP contribution in [0.3, 0.4) is 0 Å². The third-order valence-corrected chi connectivity index (χ3v) is 4.63. The van der Waals surface area contributed by atoms with Crippen LogP contribution >= 0.6 is 11.6 Å². The van der Waals surface area contributed by atoms with Gasteiger partial charge in [0.05, 0.1) is 10.6 Å². The summed E-state index contributed by atoms with van der Waals surface area (Å²) in [5.74, 6) is 0. The number of sulfonamides is 1. The molecule has 0 saturated carbocycles. The molecule has 2 aromatic carbocycles. The van der Waals surface area contributed by atoms with Crippen molar-refractivity contribution >= 4 is 38.1 Å². The minimum absolute atomic E-state index is 0.126. The highest BCUT2D eigenvalue weighted by atomic mass is 35.5. The summed E-state index contributed by atoms with van der Waals surface area (Å²) in [6.45, 7) is 0. The Morgan fingerprint density at radius 1 is 1.05 bits per heavy atom. The van der Waals surface area contributed by atoms with Crippen LogP contribution in [0, 0.1) is 0 Å². The van der Waals surface area contributed by atoms with Crippen LogP contribution in [0.1, 0.15) is 0 Å². The van der Waals surface area contributed by atoms with Crippen LogP contribution in [-0.2, 0) is 10.0 Å². The van der Waals surface area contributed by atoms with Crippen molar-refractivity contribution in [3.8, 4) is 0 Å². The van der Waals surface area contributed by atoms with E-state index in [1.54, 1.807) is 42.7 Å². The van der Waals surface area contributed by atoms with E-state index in [2.05, 4.69) is 9.71 Å². The summed E-state index contributed by atoms with van der Waals surface area (Å²) in [5.41, 5.74) is 0.509. The number of pyridine rings is 1. The van der Waals surface area contributed by atoms with Gasteiger partial charge in [-0.1, -0.05) is 29.8 Å². The highest BCUT2D eigenvalue weighted by molar-refractivity contribution is 7.92. The van der Waals surface area contributed by atoms with Gasteiger partial charge in [-0.05, 0) is 30.3 Å². The standard InChI is InChI=1S/C15H11ClN2O2S/c16-12-4-2-5-13(9-12)21(19,20)18-15-6-1-3-11-10-17-8-7-14(11)15/h1-10,18H. The number of hydrogen-bond donors (Lipinski definition) is 1. The summed E-state index contributed by atoms with van der Waals surface area (Å²) in [5, 5.41) is 2.03. The predicted molar refractivity (Wildman–Crippen MR) is 84.0 cm³/mol. The van der Waals surface area contributed by atoms with Crippen molar-refractivity contribution in [3.05, 3.63) is 65.9 Å². The fourth-order valence-corrected chi connectivity index (χ4v) is 3.43. The molecule has 1 heterocycles. The Kier molecular flexibility index (Phi) is 3.53. The molecule has 3 aromatic rings. The van der Waals surface area contributed by atoms with Gasteiger partial charge in [-0.2, -0.15) is 0 Å². The summed E-state index contributed by atoms with van der Waals surface area (Å²) >= 11 is 5.85. The molecule has 0 saturated heterocycles.